The van der Waals surface area contributed by atoms with Crippen LogP contribution in [-0.4, -0.2) is 19.1 Å². The van der Waals surface area contributed by atoms with Crippen LogP contribution in [0.4, 0.5) is 0 Å². The zero-order valence-corrected chi connectivity index (χ0v) is 14.0. The summed E-state index contributed by atoms with van der Waals surface area (Å²) in [5, 5.41) is 3.57. The van der Waals surface area contributed by atoms with E-state index < -0.39 is 0 Å². The van der Waals surface area contributed by atoms with Crippen molar-refractivity contribution >= 4 is 29.1 Å². The number of ether oxygens (including phenoxy) is 1. The third kappa shape index (κ3) is 4.65. The number of nitrogens with one attached hydrogen (secondary N) is 1. The third-order valence-corrected chi connectivity index (χ3v) is 3.77. The average molecular weight is 338 g/mol. The van der Waals surface area contributed by atoms with Crippen molar-refractivity contribution in [2.75, 3.05) is 13.2 Å². The van der Waals surface area contributed by atoms with Gasteiger partial charge in [0.1, 0.15) is 12.4 Å². The van der Waals surface area contributed by atoms with Crippen molar-refractivity contribution in [2.24, 2.45) is 0 Å². The molecule has 2 rings (SSSR count). The maximum absolute atomic E-state index is 12.0. The number of carbonyl (C=O) groups is 1. The monoisotopic (exact) mass is 337 g/mol. The maximum atomic E-state index is 12.0. The highest BCUT2D eigenvalue weighted by Gasteiger charge is 2.07. The molecule has 0 fully saturated rings. The molecule has 0 radical (unpaired) electrons. The van der Waals surface area contributed by atoms with Crippen LogP contribution in [-0.2, 0) is 0 Å². The number of amides is 1. The molecule has 116 valence electrons. The molecule has 2 aromatic rings. The van der Waals surface area contributed by atoms with Gasteiger partial charge in [-0.05, 0) is 55.3 Å². The lowest BCUT2D eigenvalue weighted by Crippen LogP contribution is -2.28. The summed E-state index contributed by atoms with van der Waals surface area (Å²) in [5.41, 5.74) is 2.77. The number of halogens is 2. The smallest absolute Gasteiger partial charge is 0.251 e. The van der Waals surface area contributed by atoms with E-state index in [1.54, 1.807) is 18.2 Å². The minimum absolute atomic E-state index is 0.206. The lowest BCUT2D eigenvalue weighted by Gasteiger charge is -2.09. The largest absolute Gasteiger partial charge is 0.492 e. The van der Waals surface area contributed by atoms with Crippen molar-refractivity contribution in [1.29, 1.82) is 0 Å². The van der Waals surface area contributed by atoms with Gasteiger partial charge in [0.2, 0.25) is 0 Å². The zero-order chi connectivity index (χ0) is 16.1. The topological polar surface area (TPSA) is 38.3 Å². The van der Waals surface area contributed by atoms with E-state index in [2.05, 4.69) is 11.4 Å². The Labute approximate surface area is 140 Å². The summed E-state index contributed by atoms with van der Waals surface area (Å²) in [6.45, 7) is 4.85. The lowest BCUT2D eigenvalue weighted by molar-refractivity contribution is 0.0947. The fourth-order valence-corrected chi connectivity index (χ4v) is 2.39. The summed E-state index contributed by atoms with van der Waals surface area (Å²) >= 11 is 11.7. The molecule has 0 spiro atoms. The second-order valence-electron chi connectivity index (χ2n) is 5.06. The van der Waals surface area contributed by atoms with E-state index in [0.717, 1.165) is 16.9 Å². The first-order chi connectivity index (χ1) is 10.5. The SMILES string of the molecule is Cc1cc(C)cc(OCCNC(=O)c2ccc(Cl)c(Cl)c2)c1. The minimum Gasteiger partial charge on any atom is -0.492 e. The summed E-state index contributed by atoms with van der Waals surface area (Å²) in [4.78, 5) is 12.0. The van der Waals surface area contributed by atoms with Gasteiger partial charge in [-0.2, -0.15) is 0 Å². The molecule has 1 amide bonds. The number of hydrogen-bond donors (Lipinski definition) is 1. The van der Waals surface area contributed by atoms with Gasteiger partial charge >= 0.3 is 0 Å². The first kappa shape index (κ1) is 16.7. The van der Waals surface area contributed by atoms with Crippen LogP contribution in [0.1, 0.15) is 21.5 Å². The van der Waals surface area contributed by atoms with E-state index in [4.69, 9.17) is 27.9 Å². The number of rotatable bonds is 5. The number of aryl methyl sites for hydroxylation is 2. The fourth-order valence-electron chi connectivity index (χ4n) is 2.09. The van der Waals surface area contributed by atoms with Gasteiger partial charge in [0.25, 0.3) is 5.91 Å². The molecule has 0 bridgehead atoms. The number of carbonyl (C=O) groups excluding carboxylic acids is 1. The quantitative estimate of drug-likeness (QED) is 0.820. The molecule has 5 heteroatoms. The third-order valence-electron chi connectivity index (χ3n) is 3.03. The van der Waals surface area contributed by atoms with Crippen molar-refractivity contribution in [3.05, 3.63) is 63.1 Å². The molecule has 2 aromatic carbocycles. The standard InChI is InChI=1S/C17H17Cl2NO2/c1-11-7-12(2)9-14(8-11)22-6-5-20-17(21)13-3-4-15(18)16(19)10-13/h3-4,7-10H,5-6H2,1-2H3,(H,20,21). The second kappa shape index (κ2) is 7.52. The molecule has 0 aliphatic rings. The molecular weight excluding hydrogens is 321 g/mol. The molecule has 22 heavy (non-hydrogen) atoms. The van der Waals surface area contributed by atoms with Crippen LogP contribution in [0.15, 0.2) is 36.4 Å². The van der Waals surface area contributed by atoms with Crippen LogP contribution in [0.3, 0.4) is 0 Å². The fraction of sp³-hybridized carbons (Fsp3) is 0.235. The number of benzene rings is 2. The number of hydrogen-bond acceptors (Lipinski definition) is 2. The normalized spacial score (nSPS) is 10.4. The second-order valence-corrected chi connectivity index (χ2v) is 5.87. The predicted molar refractivity (Wildman–Crippen MR) is 90.2 cm³/mol. The highest BCUT2D eigenvalue weighted by Crippen LogP contribution is 2.22. The summed E-state index contributed by atoms with van der Waals surface area (Å²) in [6.07, 6.45) is 0. The van der Waals surface area contributed by atoms with Crippen molar-refractivity contribution in [3.63, 3.8) is 0 Å². The molecule has 0 aliphatic carbocycles. The van der Waals surface area contributed by atoms with Crippen LogP contribution < -0.4 is 10.1 Å². The summed E-state index contributed by atoms with van der Waals surface area (Å²) in [5.74, 6) is 0.601. The van der Waals surface area contributed by atoms with Gasteiger partial charge in [-0.1, -0.05) is 29.3 Å². The van der Waals surface area contributed by atoms with Gasteiger partial charge in [0.05, 0.1) is 16.6 Å². The van der Waals surface area contributed by atoms with Crippen LogP contribution in [0, 0.1) is 13.8 Å². The lowest BCUT2D eigenvalue weighted by atomic mass is 10.1. The summed E-state index contributed by atoms with van der Waals surface area (Å²) in [6, 6.07) is 10.8. The highest BCUT2D eigenvalue weighted by molar-refractivity contribution is 6.42. The molecule has 0 heterocycles. The summed E-state index contributed by atoms with van der Waals surface area (Å²) in [7, 11) is 0. The Morgan fingerprint density at radius 3 is 2.36 bits per heavy atom. The zero-order valence-electron chi connectivity index (χ0n) is 12.5. The van der Waals surface area contributed by atoms with Crippen LogP contribution in [0.25, 0.3) is 0 Å². The Hall–Kier alpha value is -1.71. The molecule has 0 unspecified atom stereocenters. The van der Waals surface area contributed by atoms with E-state index in [-0.39, 0.29) is 5.91 Å². The Kier molecular flexibility index (Phi) is 5.69. The van der Waals surface area contributed by atoms with Gasteiger partial charge in [0.15, 0.2) is 0 Å². The Balaban J connectivity index is 1.83. The highest BCUT2D eigenvalue weighted by atomic mass is 35.5. The average Bonchev–Trinajstić information content (AvgIpc) is 2.45. The Morgan fingerprint density at radius 1 is 1.05 bits per heavy atom. The predicted octanol–water partition coefficient (Wildman–Crippen LogP) is 4.42. The van der Waals surface area contributed by atoms with Crippen LogP contribution in [0.5, 0.6) is 5.75 Å². The Bertz CT molecular complexity index is 666. The molecular formula is C17H17Cl2NO2. The van der Waals surface area contributed by atoms with Crippen LogP contribution >= 0.6 is 23.2 Å². The van der Waals surface area contributed by atoms with Crippen LogP contribution in [0.2, 0.25) is 10.0 Å². The van der Waals surface area contributed by atoms with Crippen molar-refractivity contribution in [2.45, 2.75) is 13.8 Å². The molecule has 0 aromatic heterocycles. The van der Waals surface area contributed by atoms with E-state index in [1.165, 1.54) is 0 Å². The summed E-state index contributed by atoms with van der Waals surface area (Å²) < 4.78 is 5.63. The van der Waals surface area contributed by atoms with Gasteiger partial charge in [-0.3, -0.25) is 4.79 Å². The Morgan fingerprint density at radius 2 is 1.73 bits per heavy atom. The molecule has 3 nitrogen and oxygen atoms in total. The van der Waals surface area contributed by atoms with Crippen molar-refractivity contribution in [3.8, 4) is 5.75 Å². The van der Waals surface area contributed by atoms with Gasteiger partial charge in [-0.25, -0.2) is 0 Å². The molecule has 0 saturated heterocycles. The molecule has 0 aliphatic heterocycles. The van der Waals surface area contributed by atoms with E-state index in [0.29, 0.717) is 28.8 Å². The van der Waals surface area contributed by atoms with Crippen molar-refractivity contribution in [1.82, 2.24) is 5.32 Å². The molecule has 0 atom stereocenters. The van der Waals surface area contributed by atoms with Gasteiger partial charge < -0.3 is 10.1 Å². The minimum atomic E-state index is -0.206. The van der Waals surface area contributed by atoms with E-state index in [9.17, 15) is 4.79 Å². The van der Waals surface area contributed by atoms with E-state index in [1.807, 2.05) is 26.0 Å². The maximum Gasteiger partial charge on any atom is 0.251 e. The van der Waals surface area contributed by atoms with Crippen molar-refractivity contribution < 1.29 is 9.53 Å². The van der Waals surface area contributed by atoms with Gasteiger partial charge in [0, 0.05) is 5.56 Å². The molecule has 0 saturated carbocycles. The first-order valence-electron chi connectivity index (χ1n) is 6.90. The first-order valence-corrected chi connectivity index (χ1v) is 7.65. The van der Waals surface area contributed by atoms with E-state index >= 15 is 0 Å². The van der Waals surface area contributed by atoms with Gasteiger partial charge in [-0.15, -0.1) is 0 Å². The molecule has 1 N–H and O–H groups in total.